The number of aromatic nitrogens is 2. The predicted octanol–water partition coefficient (Wildman–Crippen LogP) is 2.03. The van der Waals surface area contributed by atoms with Crippen LogP contribution in [0.25, 0.3) is 5.69 Å². The van der Waals surface area contributed by atoms with Crippen LogP contribution in [0.5, 0.6) is 0 Å². The van der Waals surface area contributed by atoms with Gasteiger partial charge in [0.05, 0.1) is 5.69 Å². The summed E-state index contributed by atoms with van der Waals surface area (Å²) in [7, 11) is 0. The van der Waals surface area contributed by atoms with Crippen molar-refractivity contribution in [3.63, 3.8) is 0 Å². The maximum absolute atomic E-state index is 11.5. The number of hydrogen-bond acceptors (Lipinski definition) is 3. The zero-order chi connectivity index (χ0) is 13.3. The Kier molecular flexibility index (Phi) is 2.99. The molecule has 4 heteroatoms. The van der Waals surface area contributed by atoms with Crippen LogP contribution in [-0.4, -0.2) is 9.78 Å². The average Bonchev–Trinajstić information content (AvgIpc) is 2.27. The number of nitriles is 1. The predicted molar refractivity (Wildman–Crippen MR) is 68.8 cm³/mol. The van der Waals surface area contributed by atoms with Gasteiger partial charge in [0, 0.05) is 11.8 Å². The van der Waals surface area contributed by atoms with Gasteiger partial charge in [0.1, 0.15) is 6.07 Å². The van der Waals surface area contributed by atoms with Gasteiger partial charge in [0.15, 0.2) is 0 Å². The van der Waals surface area contributed by atoms with Gasteiger partial charge in [0.25, 0.3) is 0 Å². The summed E-state index contributed by atoms with van der Waals surface area (Å²) in [5.74, 6) is 0. The molecule has 0 amide bonds. The normalized spacial score (nSPS) is 10.1. The lowest BCUT2D eigenvalue weighted by atomic mass is 10.1. The van der Waals surface area contributed by atoms with Crippen LogP contribution in [0.15, 0.2) is 29.1 Å². The molecular formula is C14H13N3O. The quantitative estimate of drug-likeness (QED) is 0.765. The van der Waals surface area contributed by atoms with Crippen LogP contribution in [0.2, 0.25) is 0 Å². The molecule has 0 aliphatic heterocycles. The van der Waals surface area contributed by atoms with Crippen molar-refractivity contribution >= 4 is 0 Å². The fourth-order valence-electron chi connectivity index (χ4n) is 1.96. The van der Waals surface area contributed by atoms with Crippen molar-refractivity contribution in [2.45, 2.75) is 20.8 Å². The molecule has 0 aliphatic carbocycles. The molecule has 2 aromatic rings. The Hall–Kier alpha value is -2.41. The summed E-state index contributed by atoms with van der Waals surface area (Å²) in [5.41, 5.74) is 3.38. The van der Waals surface area contributed by atoms with Gasteiger partial charge in [-0.3, -0.25) is 4.79 Å². The van der Waals surface area contributed by atoms with Crippen LogP contribution in [0.1, 0.15) is 22.5 Å². The van der Waals surface area contributed by atoms with E-state index in [0.717, 1.165) is 16.8 Å². The molecular weight excluding hydrogens is 226 g/mol. The van der Waals surface area contributed by atoms with Crippen LogP contribution < -0.4 is 5.43 Å². The van der Waals surface area contributed by atoms with Gasteiger partial charge in [-0.1, -0.05) is 6.07 Å². The molecule has 4 nitrogen and oxygen atoms in total. The highest BCUT2D eigenvalue weighted by Gasteiger charge is 2.07. The first-order chi connectivity index (χ1) is 8.51. The minimum atomic E-state index is -0.337. The molecule has 90 valence electrons. The maximum atomic E-state index is 11.5. The van der Waals surface area contributed by atoms with Crippen molar-refractivity contribution < 1.29 is 0 Å². The Morgan fingerprint density at radius 3 is 2.28 bits per heavy atom. The SMILES string of the molecule is Cc1cc(C)cc(-n2nc(C#N)c(=O)cc2C)c1. The van der Waals surface area contributed by atoms with Crippen molar-refractivity contribution in [2.24, 2.45) is 0 Å². The summed E-state index contributed by atoms with van der Waals surface area (Å²) in [6, 6.07) is 9.25. The topological polar surface area (TPSA) is 58.7 Å². The second kappa shape index (κ2) is 4.46. The Bertz CT molecular complexity index is 688. The molecule has 2 rings (SSSR count). The van der Waals surface area contributed by atoms with Crippen molar-refractivity contribution in [3.8, 4) is 11.8 Å². The number of nitrogens with zero attached hydrogens (tertiary/aromatic N) is 3. The third-order valence-electron chi connectivity index (χ3n) is 2.66. The fourth-order valence-corrected chi connectivity index (χ4v) is 1.96. The molecule has 0 N–H and O–H groups in total. The van der Waals surface area contributed by atoms with Gasteiger partial charge in [-0.2, -0.15) is 10.4 Å². The second-order valence-electron chi connectivity index (χ2n) is 4.37. The summed E-state index contributed by atoms with van der Waals surface area (Å²) < 4.78 is 1.62. The van der Waals surface area contributed by atoms with Crippen molar-refractivity contribution in [1.82, 2.24) is 9.78 Å². The lowest BCUT2D eigenvalue weighted by Crippen LogP contribution is -2.16. The molecule has 18 heavy (non-hydrogen) atoms. The Balaban J connectivity index is 2.71. The van der Waals surface area contributed by atoms with Gasteiger partial charge in [-0.05, 0) is 44.0 Å². The molecule has 0 unspecified atom stereocenters. The summed E-state index contributed by atoms with van der Waals surface area (Å²) in [6.45, 7) is 5.80. The summed E-state index contributed by atoms with van der Waals surface area (Å²) >= 11 is 0. The van der Waals surface area contributed by atoms with E-state index in [2.05, 4.69) is 11.2 Å². The molecule has 1 heterocycles. The highest BCUT2D eigenvalue weighted by Crippen LogP contribution is 2.13. The van der Waals surface area contributed by atoms with Crippen molar-refractivity contribution in [2.75, 3.05) is 0 Å². The average molecular weight is 239 g/mol. The maximum Gasteiger partial charge on any atom is 0.218 e. The standard InChI is InChI=1S/C14H13N3O/c1-9-4-10(2)6-12(5-9)17-11(3)7-14(18)13(8-15)16-17/h4-7H,1-3H3. The molecule has 0 bridgehead atoms. The summed E-state index contributed by atoms with van der Waals surface area (Å²) in [6.07, 6.45) is 0. The minimum absolute atomic E-state index is 0.0836. The van der Waals surface area contributed by atoms with E-state index in [1.165, 1.54) is 6.07 Å². The number of aryl methyl sites for hydroxylation is 3. The van der Waals surface area contributed by atoms with Gasteiger partial charge in [-0.25, -0.2) is 4.68 Å². The van der Waals surface area contributed by atoms with Crippen molar-refractivity contribution in [3.05, 3.63) is 57.0 Å². The van der Waals surface area contributed by atoms with Gasteiger partial charge in [-0.15, -0.1) is 0 Å². The van der Waals surface area contributed by atoms with E-state index in [-0.39, 0.29) is 11.1 Å². The first-order valence-electron chi connectivity index (χ1n) is 5.61. The number of hydrogen-bond donors (Lipinski definition) is 0. The smallest absolute Gasteiger partial charge is 0.218 e. The lowest BCUT2D eigenvalue weighted by Gasteiger charge is -2.11. The first kappa shape index (κ1) is 12.1. The molecule has 1 aromatic carbocycles. The Labute approximate surface area is 105 Å². The lowest BCUT2D eigenvalue weighted by molar-refractivity contribution is 0.788. The number of benzene rings is 1. The number of rotatable bonds is 1. The molecule has 0 saturated heterocycles. The van der Waals surface area contributed by atoms with E-state index in [0.29, 0.717) is 5.69 Å². The molecule has 0 aliphatic rings. The third-order valence-corrected chi connectivity index (χ3v) is 2.66. The van der Waals surface area contributed by atoms with E-state index in [1.54, 1.807) is 11.6 Å². The van der Waals surface area contributed by atoms with E-state index in [9.17, 15) is 4.79 Å². The zero-order valence-corrected chi connectivity index (χ0v) is 10.6. The van der Waals surface area contributed by atoms with Crippen LogP contribution >= 0.6 is 0 Å². The van der Waals surface area contributed by atoms with E-state index >= 15 is 0 Å². The highest BCUT2D eigenvalue weighted by molar-refractivity contribution is 5.40. The molecule has 0 spiro atoms. The molecule has 0 saturated carbocycles. The van der Waals surface area contributed by atoms with Crippen LogP contribution in [-0.2, 0) is 0 Å². The monoisotopic (exact) mass is 239 g/mol. The molecule has 0 radical (unpaired) electrons. The second-order valence-corrected chi connectivity index (χ2v) is 4.37. The Morgan fingerprint density at radius 1 is 1.11 bits per heavy atom. The van der Waals surface area contributed by atoms with Crippen LogP contribution in [0.3, 0.4) is 0 Å². The summed E-state index contributed by atoms with van der Waals surface area (Å²) in [4.78, 5) is 11.5. The molecule has 1 aromatic heterocycles. The van der Waals surface area contributed by atoms with E-state index in [4.69, 9.17) is 5.26 Å². The Morgan fingerprint density at radius 2 is 1.72 bits per heavy atom. The molecule has 0 fully saturated rings. The minimum Gasteiger partial charge on any atom is -0.287 e. The zero-order valence-electron chi connectivity index (χ0n) is 10.6. The highest BCUT2D eigenvalue weighted by atomic mass is 16.1. The third kappa shape index (κ3) is 2.16. The van der Waals surface area contributed by atoms with Gasteiger partial charge < -0.3 is 0 Å². The van der Waals surface area contributed by atoms with Gasteiger partial charge >= 0.3 is 0 Å². The molecule has 0 atom stereocenters. The van der Waals surface area contributed by atoms with Crippen LogP contribution in [0.4, 0.5) is 0 Å². The van der Waals surface area contributed by atoms with E-state index in [1.807, 2.05) is 32.0 Å². The summed E-state index contributed by atoms with van der Waals surface area (Å²) in [5, 5.41) is 12.9. The van der Waals surface area contributed by atoms with Crippen LogP contribution in [0, 0.1) is 32.1 Å². The van der Waals surface area contributed by atoms with Crippen molar-refractivity contribution in [1.29, 1.82) is 5.26 Å². The largest absolute Gasteiger partial charge is 0.287 e. The first-order valence-corrected chi connectivity index (χ1v) is 5.61. The van der Waals surface area contributed by atoms with E-state index < -0.39 is 0 Å². The fraction of sp³-hybridized carbons (Fsp3) is 0.214. The van der Waals surface area contributed by atoms with Gasteiger partial charge in [0.2, 0.25) is 11.1 Å².